The maximum absolute atomic E-state index is 15.7. The van der Waals surface area contributed by atoms with Crippen molar-refractivity contribution >= 4 is 50.1 Å². The first-order valence-electron chi connectivity index (χ1n) is 13.0. The molecule has 3 aliphatic heterocycles. The summed E-state index contributed by atoms with van der Waals surface area (Å²) in [6.07, 6.45) is -0.802. The van der Waals surface area contributed by atoms with Crippen molar-refractivity contribution in [2.24, 2.45) is 0 Å². The molecule has 214 valence electrons. The van der Waals surface area contributed by atoms with Crippen LogP contribution in [0, 0.1) is 5.82 Å². The number of anilines is 2. The molecule has 2 N–H and O–H groups in total. The van der Waals surface area contributed by atoms with E-state index >= 15 is 4.39 Å². The van der Waals surface area contributed by atoms with Crippen LogP contribution in [-0.4, -0.2) is 70.8 Å². The fourth-order valence-electron chi connectivity index (χ4n) is 6.22. The van der Waals surface area contributed by atoms with Crippen LogP contribution in [0.1, 0.15) is 37.3 Å². The van der Waals surface area contributed by atoms with Gasteiger partial charge in [0.25, 0.3) is 0 Å². The molecule has 0 spiro atoms. The Morgan fingerprint density at radius 3 is 2.90 bits per heavy atom. The Hall–Kier alpha value is -2.64. The predicted octanol–water partition coefficient (Wildman–Crippen LogP) is 5.71. The van der Waals surface area contributed by atoms with E-state index in [4.69, 9.17) is 26.8 Å². The second-order valence-electron chi connectivity index (χ2n) is 10.4. The zero-order valence-corrected chi connectivity index (χ0v) is 23.6. The molecule has 0 amide bonds. The van der Waals surface area contributed by atoms with Crippen LogP contribution >= 0.6 is 27.5 Å². The first kappa shape index (κ1) is 27.5. The third-order valence-corrected chi connectivity index (χ3v) is 9.31. The Balaban J connectivity index is 1.49. The highest BCUT2D eigenvalue weighted by Gasteiger charge is 2.49. The number of nitrogens with two attached hydrogens (primary N) is 1. The fourth-order valence-corrected chi connectivity index (χ4v) is 6.82. The number of hydrogen-bond acceptors (Lipinski definition) is 8. The van der Waals surface area contributed by atoms with Crippen molar-refractivity contribution in [1.82, 2.24) is 19.9 Å². The number of fused-ring (bicyclic) bond motifs is 1. The number of pyridine rings is 1. The molecule has 40 heavy (non-hydrogen) atoms. The molecule has 5 heterocycles. The number of nitrogen functional groups attached to an aromatic ring is 1. The minimum absolute atomic E-state index is 0.0305. The molecule has 1 unspecified atom stereocenters. The lowest BCUT2D eigenvalue weighted by Gasteiger charge is -2.33. The second kappa shape index (κ2) is 10.6. The zero-order chi connectivity index (χ0) is 28.2. The first-order chi connectivity index (χ1) is 19.2. The van der Waals surface area contributed by atoms with Gasteiger partial charge < -0.3 is 20.1 Å². The summed E-state index contributed by atoms with van der Waals surface area (Å²) in [7, 11) is 0. The number of nitrogens with zero attached hydrogens (tertiary/aromatic N) is 5. The van der Waals surface area contributed by atoms with Gasteiger partial charge in [-0.15, -0.1) is 0 Å². The molecule has 2 saturated heterocycles. The molecule has 0 bridgehead atoms. The molecule has 3 aliphatic rings. The lowest BCUT2D eigenvalue weighted by Crippen LogP contribution is -2.43. The number of rotatable bonds is 7. The van der Waals surface area contributed by atoms with Crippen molar-refractivity contribution in [2.45, 2.75) is 49.9 Å². The van der Waals surface area contributed by atoms with E-state index in [1.165, 1.54) is 6.20 Å². The summed E-state index contributed by atoms with van der Waals surface area (Å²) in [6.45, 7) is 1.35. The molecule has 3 aromatic rings. The molecule has 3 atom stereocenters. The normalized spacial score (nSPS) is 23.4. The molecule has 6 rings (SSSR count). The van der Waals surface area contributed by atoms with Crippen molar-refractivity contribution in [3.8, 4) is 11.8 Å². The Bertz CT molecular complexity index is 1450. The maximum Gasteiger partial charge on any atom is 0.319 e. The average molecular weight is 646 g/mol. The van der Waals surface area contributed by atoms with Gasteiger partial charge in [0.1, 0.15) is 41.6 Å². The van der Waals surface area contributed by atoms with Gasteiger partial charge in [-0.2, -0.15) is 9.97 Å². The monoisotopic (exact) mass is 644 g/mol. The van der Waals surface area contributed by atoms with Crippen LogP contribution in [0.3, 0.4) is 0 Å². The zero-order valence-electron chi connectivity index (χ0n) is 21.2. The van der Waals surface area contributed by atoms with Gasteiger partial charge in [-0.1, -0.05) is 17.7 Å². The third-order valence-electron chi connectivity index (χ3n) is 7.98. The van der Waals surface area contributed by atoms with Crippen molar-refractivity contribution in [3.05, 3.63) is 39.2 Å². The van der Waals surface area contributed by atoms with E-state index < -0.39 is 36.4 Å². The van der Waals surface area contributed by atoms with Crippen LogP contribution in [0.5, 0.6) is 11.8 Å². The number of halogens is 6. The number of hydrogen-bond donors (Lipinski definition) is 1. The molecule has 0 radical (unpaired) electrons. The summed E-state index contributed by atoms with van der Waals surface area (Å²) >= 11 is 9.64. The van der Waals surface area contributed by atoms with Crippen LogP contribution in [-0.2, 0) is 0 Å². The van der Waals surface area contributed by atoms with Crippen LogP contribution in [0.25, 0.3) is 10.9 Å². The van der Waals surface area contributed by atoms with Gasteiger partial charge in [0.05, 0.1) is 28.0 Å². The lowest BCUT2D eigenvalue weighted by molar-refractivity contribution is 0.107. The molecule has 2 fully saturated rings. The second-order valence-corrected chi connectivity index (χ2v) is 11.5. The van der Waals surface area contributed by atoms with E-state index in [9.17, 15) is 13.2 Å². The molecular formula is C26H26BrClF4N6O2. The Labute approximate surface area is 240 Å². The smallest absolute Gasteiger partial charge is 0.319 e. The molecule has 2 aromatic heterocycles. The summed E-state index contributed by atoms with van der Waals surface area (Å²) in [6, 6.07) is 2.09. The first-order valence-corrected chi connectivity index (χ1v) is 14.1. The van der Waals surface area contributed by atoms with E-state index in [1.54, 1.807) is 17.0 Å². The van der Waals surface area contributed by atoms with Gasteiger partial charge in [0.2, 0.25) is 6.43 Å². The standard InChI is InChI=1S/C26H26BrClF4N6O2/c27-18-19(28)22-17-21(20(18)32)35-25(40-12-26-4-2-6-37(26)11-13(29)10-26)36-24(17)38(7-8-39-22)15(9-16(30)31)14-3-1-5-34-23(14)33/h1,3,5,13,15-16H,2,4,6-12H2,(H2,33,34)/t13-,15?,26+/m1/s1. The molecular weight excluding hydrogens is 620 g/mol. The van der Waals surface area contributed by atoms with Gasteiger partial charge in [0, 0.05) is 31.1 Å². The Morgan fingerprint density at radius 1 is 1.30 bits per heavy atom. The predicted molar refractivity (Wildman–Crippen MR) is 146 cm³/mol. The van der Waals surface area contributed by atoms with E-state index in [-0.39, 0.29) is 63.6 Å². The van der Waals surface area contributed by atoms with Crippen LogP contribution in [0.4, 0.5) is 29.2 Å². The van der Waals surface area contributed by atoms with E-state index in [1.807, 2.05) is 0 Å². The summed E-state index contributed by atoms with van der Waals surface area (Å²) in [4.78, 5) is 16.7. The SMILES string of the molecule is Nc1ncccc1C(CC(F)F)N1CCOc2c(Cl)c(Br)c(F)c3nc(OC[C@@]45CCCN4C[C@H](F)C5)nc1c23. The largest absolute Gasteiger partial charge is 0.489 e. The summed E-state index contributed by atoms with van der Waals surface area (Å²) in [5, 5.41) is 0.0970. The minimum Gasteiger partial charge on any atom is -0.489 e. The quantitative estimate of drug-likeness (QED) is 0.258. The van der Waals surface area contributed by atoms with E-state index in [0.29, 0.717) is 18.5 Å². The Morgan fingerprint density at radius 2 is 2.12 bits per heavy atom. The molecule has 8 nitrogen and oxygen atoms in total. The third kappa shape index (κ3) is 4.69. The maximum atomic E-state index is 15.7. The molecule has 14 heteroatoms. The van der Waals surface area contributed by atoms with Gasteiger partial charge in [0.15, 0.2) is 11.6 Å². The van der Waals surface area contributed by atoms with Gasteiger partial charge in [-0.05, 0) is 41.4 Å². The van der Waals surface area contributed by atoms with Gasteiger partial charge >= 0.3 is 6.01 Å². The van der Waals surface area contributed by atoms with Crippen molar-refractivity contribution in [1.29, 1.82) is 0 Å². The number of benzene rings is 1. The number of alkyl halides is 3. The van der Waals surface area contributed by atoms with Gasteiger partial charge in [-0.3, -0.25) is 4.90 Å². The summed E-state index contributed by atoms with van der Waals surface area (Å²) in [5.41, 5.74) is 5.83. The molecule has 0 aliphatic carbocycles. The highest BCUT2D eigenvalue weighted by atomic mass is 79.9. The topological polar surface area (TPSA) is 89.6 Å². The molecule has 1 aromatic carbocycles. The highest BCUT2D eigenvalue weighted by Crippen LogP contribution is 2.48. The lowest BCUT2D eigenvalue weighted by atomic mass is 9.95. The highest BCUT2D eigenvalue weighted by molar-refractivity contribution is 9.10. The van der Waals surface area contributed by atoms with Crippen molar-refractivity contribution in [2.75, 3.05) is 43.5 Å². The summed E-state index contributed by atoms with van der Waals surface area (Å²) in [5.74, 6) is -0.451. The van der Waals surface area contributed by atoms with Crippen molar-refractivity contribution < 1.29 is 27.0 Å². The fraction of sp³-hybridized carbons (Fsp3) is 0.500. The van der Waals surface area contributed by atoms with Crippen LogP contribution < -0.4 is 20.1 Å². The van der Waals surface area contributed by atoms with E-state index in [2.05, 4.69) is 35.8 Å². The molecule has 0 saturated carbocycles. The van der Waals surface area contributed by atoms with Crippen molar-refractivity contribution in [3.63, 3.8) is 0 Å². The number of aromatic nitrogens is 3. The minimum atomic E-state index is -2.70. The number of ether oxygens (including phenoxy) is 2. The van der Waals surface area contributed by atoms with Gasteiger partial charge in [-0.25, -0.2) is 22.5 Å². The Kier molecular flexibility index (Phi) is 7.32. The van der Waals surface area contributed by atoms with E-state index in [0.717, 1.165) is 19.4 Å². The summed E-state index contributed by atoms with van der Waals surface area (Å²) < 4.78 is 69.8. The van der Waals surface area contributed by atoms with Crippen LogP contribution in [0.15, 0.2) is 22.8 Å². The average Bonchev–Trinajstić information content (AvgIpc) is 3.37. The van der Waals surface area contributed by atoms with Crippen LogP contribution in [0.2, 0.25) is 5.02 Å².